The van der Waals surface area contributed by atoms with Crippen LogP contribution in [0.2, 0.25) is 0 Å². The van der Waals surface area contributed by atoms with Crippen LogP contribution in [0.4, 0.5) is 0 Å². The summed E-state index contributed by atoms with van der Waals surface area (Å²) in [6, 6.07) is 22.6. The molecule has 0 unspecified atom stereocenters. The molecule has 0 spiro atoms. The molecule has 0 radical (unpaired) electrons. The smallest absolute Gasteiger partial charge is 0.338 e. The zero-order chi connectivity index (χ0) is 51.4. The average molecular weight is 986 g/mol. The van der Waals surface area contributed by atoms with Crippen molar-refractivity contribution in [1.29, 1.82) is 0 Å². The van der Waals surface area contributed by atoms with E-state index >= 15 is 4.79 Å². The van der Waals surface area contributed by atoms with Gasteiger partial charge in [0.15, 0.2) is 29.9 Å². The van der Waals surface area contributed by atoms with Crippen LogP contribution in [0.1, 0.15) is 86.7 Å². The summed E-state index contributed by atoms with van der Waals surface area (Å²) >= 11 is 0. The Morgan fingerprint density at radius 1 is 0.789 bits per heavy atom. The van der Waals surface area contributed by atoms with Crippen molar-refractivity contribution in [3.05, 3.63) is 119 Å². The van der Waals surface area contributed by atoms with E-state index in [-0.39, 0.29) is 28.7 Å². The Bertz CT molecular complexity index is 2560. The van der Waals surface area contributed by atoms with Gasteiger partial charge in [-0.1, -0.05) is 80.6 Å². The average Bonchev–Trinajstić information content (AvgIpc) is 3.34. The molecule has 6 N–H and O–H groups in total. The Morgan fingerprint density at radius 3 is 1.97 bits per heavy atom. The van der Waals surface area contributed by atoms with Gasteiger partial charge in [-0.15, -0.1) is 0 Å². The van der Waals surface area contributed by atoms with Crippen molar-refractivity contribution in [3.63, 3.8) is 0 Å². The minimum atomic E-state index is -2.51. The van der Waals surface area contributed by atoms with Gasteiger partial charge >= 0.3 is 23.9 Å². The van der Waals surface area contributed by atoms with Gasteiger partial charge in [-0.3, -0.25) is 19.2 Å². The van der Waals surface area contributed by atoms with Gasteiger partial charge in [0.1, 0.15) is 42.2 Å². The summed E-state index contributed by atoms with van der Waals surface area (Å²) in [7, 11) is 0. The van der Waals surface area contributed by atoms with Gasteiger partial charge in [-0.25, -0.2) is 9.59 Å². The first-order valence-electron chi connectivity index (χ1n) is 23.4. The Labute approximate surface area is 409 Å². The van der Waals surface area contributed by atoms with E-state index in [9.17, 15) is 49.5 Å². The van der Waals surface area contributed by atoms with Gasteiger partial charge < -0.3 is 64.0 Å². The summed E-state index contributed by atoms with van der Waals surface area (Å²) in [5, 5.41) is 60.8. The van der Waals surface area contributed by atoms with Crippen LogP contribution in [0.25, 0.3) is 0 Å². The SMILES string of the molecule is CC(=O)O[C@@H]1C(=O)[C@@]2(C)[C@H](O[C@H]3OC[C@H](O)[C@@H](O)[C@@H]3O)C[C@@H]3OC[C@]3(OC(C)=O)[C@@H]2[C@@H](OC(=O)c2ccccc2)[C@@]2(O)C[C@@H](OC(=O)[C@@H](O)[C@H](NC(=O)c3ccccc3)c3ccccc3)C(C)=C1C2(C)C. The highest BCUT2D eigenvalue weighted by atomic mass is 16.7. The number of hydrogen-bond acceptors (Lipinski definition) is 18. The van der Waals surface area contributed by atoms with Crippen molar-refractivity contribution in [2.45, 2.75) is 133 Å². The van der Waals surface area contributed by atoms with Crippen LogP contribution >= 0.6 is 0 Å². The lowest BCUT2D eigenvalue weighted by molar-refractivity contribution is -0.366. The molecular formula is C52H59NO18. The molecule has 19 nitrogen and oxygen atoms in total. The van der Waals surface area contributed by atoms with Crippen molar-refractivity contribution in [2.75, 3.05) is 13.2 Å². The number of nitrogens with one attached hydrogen (secondary N) is 1. The quantitative estimate of drug-likeness (QED) is 0.0862. The monoisotopic (exact) mass is 985 g/mol. The largest absolute Gasteiger partial charge is 0.456 e. The van der Waals surface area contributed by atoms with Crippen molar-refractivity contribution in [3.8, 4) is 0 Å². The van der Waals surface area contributed by atoms with Gasteiger partial charge in [-0.05, 0) is 54.8 Å². The molecule has 1 amide bonds. The van der Waals surface area contributed by atoms with E-state index in [4.69, 9.17) is 33.2 Å². The topological polar surface area (TPSA) is 280 Å². The van der Waals surface area contributed by atoms with E-state index in [0.717, 1.165) is 13.8 Å². The molecule has 15 atom stereocenters. The van der Waals surface area contributed by atoms with Crippen LogP contribution in [0, 0.1) is 16.7 Å². The summed E-state index contributed by atoms with van der Waals surface area (Å²) in [5.41, 5.74) is -7.76. The number of aliphatic hydroxyl groups excluding tert-OH is 4. The highest BCUT2D eigenvalue weighted by molar-refractivity contribution is 5.96. The molecule has 4 fully saturated rings. The number of aliphatic hydroxyl groups is 5. The maximum Gasteiger partial charge on any atom is 0.338 e. The predicted molar refractivity (Wildman–Crippen MR) is 244 cm³/mol. The first-order valence-corrected chi connectivity index (χ1v) is 23.4. The number of hydrogen-bond donors (Lipinski definition) is 6. The fourth-order valence-electron chi connectivity index (χ4n) is 11.4. The van der Waals surface area contributed by atoms with Gasteiger partial charge in [0.05, 0.1) is 42.3 Å². The third kappa shape index (κ3) is 8.96. The number of esters is 4. The van der Waals surface area contributed by atoms with Crippen LogP contribution < -0.4 is 5.32 Å². The molecule has 3 aromatic carbocycles. The molecule has 8 rings (SSSR count). The fraction of sp³-hybridized carbons (Fsp3) is 0.500. The van der Waals surface area contributed by atoms with E-state index < -0.39 is 150 Å². The number of carbonyl (C=O) groups excluding carboxylic acids is 6. The first-order chi connectivity index (χ1) is 33.6. The molecule has 380 valence electrons. The first kappa shape index (κ1) is 51.5. The van der Waals surface area contributed by atoms with Crippen LogP contribution in [0.3, 0.4) is 0 Å². The van der Waals surface area contributed by atoms with E-state index in [2.05, 4.69) is 5.32 Å². The second kappa shape index (κ2) is 19.6. The molecule has 3 aliphatic carbocycles. The summed E-state index contributed by atoms with van der Waals surface area (Å²) in [6.45, 7) is 7.24. The van der Waals surface area contributed by atoms with Gasteiger partial charge in [0.25, 0.3) is 5.91 Å². The van der Waals surface area contributed by atoms with Crippen molar-refractivity contribution < 1.29 is 87.5 Å². The number of fused-ring (bicyclic) bond motifs is 5. The molecule has 2 saturated heterocycles. The molecular weight excluding hydrogens is 927 g/mol. The van der Waals surface area contributed by atoms with Gasteiger partial charge in [0, 0.05) is 37.7 Å². The van der Waals surface area contributed by atoms with Crippen molar-refractivity contribution >= 4 is 35.6 Å². The summed E-state index contributed by atoms with van der Waals surface area (Å²) in [5.74, 6) is -7.31. The molecule has 0 aromatic heterocycles. The third-order valence-electron chi connectivity index (χ3n) is 15.2. The number of Topliss-reactive ketones (excluding diaryl/α,β-unsaturated/α-hetero) is 1. The minimum absolute atomic E-state index is 0.0120. The summed E-state index contributed by atoms with van der Waals surface area (Å²) < 4.78 is 43.1. The third-order valence-corrected chi connectivity index (χ3v) is 15.2. The van der Waals surface area contributed by atoms with Gasteiger partial charge in [0.2, 0.25) is 0 Å². The molecule has 19 heteroatoms. The Hall–Kier alpha value is -5.90. The van der Waals surface area contributed by atoms with Gasteiger partial charge in [-0.2, -0.15) is 0 Å². The maximum atomic E-state index is 16.2. The summed E-state index contributed by atoms with van der Waals surface area (Å²) in [4.78, 5) is 85.6. The van der Waals surface area contributed by atoms with E-state index in [1.807, 2.05) is 0 Å². The Morgan fingerprint density at radius 2 is 1.39 bits per heavy atom. The van der Waals surface area contributed by atoms with Crippen LogP contribution in [0.15, 0.2) is 102 Å². The maximum absolute atomic E-state index is 16.2. The molecule has 2 aliphatic heterocycles. The van der Waals surface area contributed by atoms with E-state index in [1.165, 1.54) is 39.8 Å². The van der Waals surface area contributed by atoms with Crippen LogP contribution in [-0.2, 0) is 52.3 Å². The number of ether oxygens (including phenoxy) is 7. The molecule has 71 heavy (non-hydrogen) atoms. The lowest BCUT2D eigenvalue weighted by Crippen LogP contribution is -2.82. The zero-order valence-corrected chi connectivity index (χ0v) is 40.0. The molecule has 2 saturated carbocycles. The predicted octanol–water partition coefficient (Wildman–Crippen LogP) is 2.20. The second-order valence-corrected chi connectivity index (χ2v) is 19.7. The lowest BCUT2D eigenvalue weighted by Gasteiger charge is -2.68. The minimum Gasteiger partial charge on any atom is -0.456 e. The number of benzene rings is 3. The molecule has 5 aliphatic rings. The second-order valence-electron chi connectivity index (χ2n) is 19.7. The van der Waals surface area contributed by atoms with Crippen molar-refractivity contribution in [1.82, 2.24) is 5.32 Å². The van der Waals surface area contributed by atoms with E-state index in [0.29, 0.717) is 5.56 Å². The number of carbonyl (C=O) groups is 6. The summed E-state index contributed by atoms with van der Waals surface area (Å²) in [6.07, 6.45) is -17.9. The molecule has 2 heterocycles. The standard InChI is InChI=1S/C52H59NO18/c1-26-33(68-47(63)39(58)37(29-16-10-7-11-17-29)53-45(61)30-18-12-8-13-19-30)23-52(64)44(70-46(62)31-20-14-9-15-21-31)42-50(6,43(60)41(67-27(2)54)36(26)49(52,4)5)34(22-35-51(42,25-66-35)71-28(3)55)69-48-40(59)38(57)32(56)24-65-48/h7-21,32-35,37-42,44,48,56-59,64H,22-25H2,1-6H3,(H,53,61)/t32-,33+,34+,35-,37+,38+,39-,40-,41-,42+,44+,48+,50-,51+,52-/m0/s1. The molecule has 3 aromatic rings. The van der Waals surface area contributed by atoms with Crippen LogP contribution in [-0.4, -0.2) is 147 Å². The highest BCUT2D eigenvalue weighted by Crippen LogP contribution is 2.65. The number of amides is 1. The Balaban J connectivity index is 1.30. The normalized spacial score (nSPS) is 34.8. The lowest BCUT2D eigenvalue weighted by atomic mass is 9.44. The highest BCUT2D eigenvalue weighted by Gasteiger charge is 2.79. The fourth-order valence-corrected chi connectivity index (χ4v) is 11.4. The number of rotatable bonds is 12. The molecule has 2 bridgehead atoms. The van der Waals surface area contributed by atoms with Crippen molar-refractivity contribution in [2.24, 2.45) is 16.7 Å². The van der Waals surface area contributed by atoms with Crippen LogP contribution in [0.5, 0.6) is 0 Å². The Kier molecular flexibility index (Phi) is 14.2. The zero-order valence-electron chi connectivity index (χ0n) is 40.0. The number of ketones is 1. The van der Waals surface area contributed by atoms with E-state index in [1.54, 1.807) is 78.9 Å².